The van der Waals surface area contributed by atoms with Crippen molar-refractivity contribution >= 4 is 27.5 Å². The first-order valence-corrected chi connectivity index (χ1v) is 10.2. The Balaban J connectivity index is 2.06. The Morgan fingerprint density at radius 2 is 1.68 bits per heavy atom. The summed E-state index contributed by atoms with van der Waals surface area (Å²) < 4.78 is 12.3. The maximum Gasteiger partial charge on any atom is 0.255 e. The van der Waals surface area contributed by atoms with Gasteiger partial charge in [-0.25, -0.2) is 0 Å². The van der Waals surface area contributed by atoms with E-state index in [1.54, 1.807) is 37.4 Å². The highest BCUT2D eigenvalue weighted by Crippen LogP contribution is 2.30. The Bertz CT molecular complexity index is 768. The van der Waals surface area contributed by atoms with Crippen LogP contribution < -0.4 is 14.8 Å². The first kappa shape index (κ1) is 22.2. The predicted molar refractivity (Wildman–Crippen MR) is 118 cm³/mol. The molecular weight excluding hydrogens is 420 g/mol. The SMILES string of the molecule is COc1ccc(NC(=O)c2ccc(Br)cc2)cc1OCCN(C(C)C)C(C)C. The second-order valence-corrected chi connectivity index (χ2v) is 8.02. The summed E-state index contributed by atoms with van der Waals surface area (Å²) in [5.41, 5.74) is 1.25. The zero-order chi connectivity index (χ0) is 20.7. The van der Waals surface area contributed by atoms with Crippen molar-refractivity contribution in [2.75, 3.05) is 25.6 Å². The maximum absolute atomic E-state index is 12.4. The van der Waals surface area contributed by atoms with Gasteiger partial charge < -0.3 is 14.8 Å². The van der Waals surface area contributed by atoms with E-state index in [0.29, 0.717) is 41.4 Å². The van der Waals surface area contributed by atoms with Crippen LogP contribution in [0.1, 0.15) is 38.1 Å². The van der Waals surface area contributed by atoms with Crippen molar-refractivity contribution in [3.8, 4) is 11.5 Å². The molecule has 1 amide bonds. The van der Waals surface area contributed by atoms with Crippen LogP contribution in [0.25, 0.3) is 0 Å². The molecule has 0 atom stereocenters. The van der Waals surface area contributed by atoms with Crippen LogP contribution in [0.3, 0.4) is 0 Å². The number of anilines is 1. The minimum atomic E-state index is -0.172. The van der Waals surface area contributed by atoms with Crippen molar-refractivity contribution in [3.05, 3.63) is 52.5 Å². The van der Waals surface area contributed by atoms with Crippen LogP contribution in [0.4, 0.5) is 5.69 Å². The Hall–Kier alpha value is -2.05. The number of nitrogens with one attached hydrogen (secondary N) is 1. The fourth-order valence-electron chi connectivity index (χ4n) is 3.05. The molecule has 0 fully saturated rings. The van der Waals surface area contributed by atoms with Gasteiger partial charge in [-0.2, -0.15) is 0 Å². The molecule has 0 spiro atoms. The normalized spacial score (nSPS) is 11.2. The van der Waals surface area contributed by atoms with E-state index in [-0.39, 0.29) is 5.91 Å². The first-order valence-electron chi connectivity index (χ1n) is 9.45. The summed E-state index contributed by atoms with van der Waals surface area (Å²) in [6.07, 6.45) is 0. The van der Waals surface area contributed by atoms with E-state index in [4.69, 9.17) is 9.47 Å². The largest absolute Gasteiger partial charge is 0.493 e. The van der Waals surface area contributed by atoms with Crippen LogP contribution in [0.5, 0.6) is 11.5 Å². The summed E-state index contributed by atoms with van der Waals surface area (Å²) in [7, 11) is 1.61. The molecule has 0 saturated heterocycles. The average Bonchev–Trinajstić information content (AvgIpc) is 2.65. The number of rotatable bonds is 9. The molecule has 5 nitrogen and oxygen atoms in total. The average molecular weight is 449 g/mol. The molecule has 0 aromatic heterocycles. The Morgan fingerprint density at radius 3 is 2.25 bits per heavy atom. The van der Waals surface area contributed by atoms with Gasteiger partial charge in [0.2, 0.25) is 0 Å². The third kappa shape index (κ3) is 6.24. The number of hydrogen-bond acceptors (Lipinski definition) is 4. The molecule has 2 rings (SSSR count). The molecule has 2 aromatic carbocycles. The summed E-state index contributed by atoms with van der Waals surface area (Å²) in [5.74, 6) is 1.08. The summed E-state index contributed by atoms with van der Waals surface area (Å²) in [5, 5.41) is 2.90. The molecule has 0 radical (unpaired) electrons. The fraction of sp³-hybridized carbons (Fsp3) is 0.409. The van der Waals surface area contributed by atoms with Crippen molar-refractivity contribution in [3.63, 3.8) is 0 Å². The van der Waals surface area contributed by atoms with Crippen LogP contribution in [0, 0.1) is 0 Å². The second kappa shape index (κ2) is 10.5. The van der Waals surface area contributed by atoms with Gasteiger partial charge in [-0.15, -0.1) is 0 Å². The van der Waals surface area contributed by atoms with Crippen LogP contribution in [0.2, 0.25) is 0 Å². The van der Waals surface area contributed by atoms with Gasteiger partial charge in [-0.05, 0) is 64.1 Å². The second-order valence-electron chi connectivity index (χ2n) is 7.10. The lowest BCUT2D eigenvalue weighted by atomic mass is 10.2. The summed E-state index contributed by atoms with van der Waals surface area (Å²) in [6.45, 7) is 10.1. The van der Waals surface area contributed by atoms with Crippen molar-refractivity contribution in [2.24, 2.45) is 0 Å². The molecule has 0 unspecified atom stereocenters. The number of hydrogen-bond donors (Lipinski definition) is 1. The van der Waals surface area contributed by atoms with Crippen molar-refractivity contribution in [1.29, 1.82) is 0 Å². The molecule has 0 aliphatic carbocycles. The van der Waals surface area contributed by atoms with Gasteiger partial charge in [-0.1, -0.05) is 15.9 Å². The third-order valence-corrected chi connectivity index (χ3v) is 4.99. The summed E-state index contributed by atoms with van der Waals surface area (Å²) in [6, 6.07) is 13.5. The van der Waals surface area contributed by atoms with Crippen LogP contribution in [-0.4, -0.2) is 43.2 Å². The number of ether oxygens (including phenoxy) is 2. The monoisotopic (exact) mass is 448 g/mol. The van der Waals surface area contributed by atoms with E-state index < -0.39 is 0 Å². The minimum Gasteiger partial charge on any atom is -0.493 e. The molecule has 2 aromatic rings. The topological polar surface area (TPSA) is 50.8 Å². The zero-order valence-corrected chi connectivity index (χ0v) is 18.7. The van der Waals surface area contributed by atoms with E-state index in [2.05, 4.69) is 53.8 Å². The molecule has 28 heavy (non-hydrogen) atoms. The zero-order valence-electron chi connectivity index (χ0n) is 17.2. The Labute approximate surface area is 176 Å². The first-order chi connectivity index (χ1) is 13.3. The number of amides is 1. The van der Waals surface area contributed by atoms with Crippen molar-refractivity contribution in [1.82, 2.24) is 4.90 Å². The molecular formula is C22H29BrN2O3. The molecule has 152 valence electrons. The maximum atomic E-state index is 12.4. The van der Waals surface area contributed by atoms with Gasteiger partial charge in [-0.3, -0.25) is 9.69 Å². The lowest BCUT2D eigenvalue weighted by Crippen LogP contribution is -2.39. The fourth-order valence-corrected chi connectivity index (χ4v) is 3.31. The molecule has 1 N–H and O–H groups in total. The minimum absolute atomic E-state index is 0.172. The molecule has 0 saturated carbocycles. The van der Waals surface area contributed by atoms with E-state index in [1.807, 2.05) is 12.1 Å². The van der Waals surface area contributed by atoms with Crippen LogP contribution in [-0.2, 0) is 0 Å². The van der Waals surface area contributed by atoms with Gasteiger partial charge in [0.15, 0.2) is 11.5 Å². The van der Waals surface area contributed by atoms with Gasteiger partial charge in [0.25, 0.3) is 5.91 Å². The Morgan fingerprint density at radius 1 is 1.04 bits per heavy atom. The smallest absolute Gasteiger partial charge is 0.255 e. The van der Waals surface area contributed by atoms with E-state index in [1.165, 1.54) is 0 Å². The van der Waals surface area contributed by atoms with Gasteiger partial charge >= 0.3 is 0 Å². The van der Waals surface area contributed by atoms with E-state index in [0.717, 1.165) is 11.0 Å². The summed E-state index contributed by atoms with van der Waals surface area (Å²) >= 11 is 3.37. The number of carbonyl (C=O) groups is 1. The lowest BCUT2D eigenvalue weighted by molar-refractivity contribution is 0.102. The molecule has 0 heterocycles. The molecule has 0 aliphatic heterocycles. The number of methoxy groups -OCH3 is 1. The highest BCUT2D eigenvalue weighted by molar-refractivity contribution is 9.10. The van der Waals surface area contributed by atoms with Crippen LogP contribution >= 0.6 is 15.9 Å². The quantitative estimate of drug-likeness (QED) is 0.571. The number of halogens is 1. The van der Waals surface area contributed by atoms with Gasteiger partial charge in [0, 0.05) is 40.4 Å². The highest BCUT2D eigenvalue weighted by Gasteiger charge is 2.14. The molecule has 6 heteroatoms. The van der Waals surface area contributed by atoms with E-state index >= 15 is 0 Å². The number of nitrogens with zero attached hydrogens (tertiary/aromatic N) is 1. The standard InChI is InChI=1S/C22H29BrN2O3/c1-15(2)25(16(3)4)12-13-28-21-14-19(10-11-20(21)27-5)24-22(26)17-6-8-18(23)9-7-17/h6-11,14-16H,12-13H2,1-5H3,(H,24,26). The molecule has 0 aliphatic rings. The predicted octanol–water partition coefficient (Wildman–Crippen LogP) is 5.21. The number of benzene rings is 2. The highest BCUT2D eigenvalue weighted by atomic mass is 79.9. The lowest BCUT2D eigenvalue weighted by Gasteiger charge is -2.30. The van der Waals surface area contributed by atoms with Gasteiger partial charge in [0.1, 0.15) is 6.61 Å². The van der Waals surface area contributed by atoms with Crippen molar-refractivity contribution in [2.45, 2.75) is 39.8 Å². The Kier molecular flexibility index (Phi) is 8.33. The summed E-state index contributed by atoms with van der Waals surface area (Å²) in [4.78, 5) is 14.8. The van der Waals surface area contributed by atoms with Crippen LogP contribution in [0.15, 0.2) is 46.9 Å². The number of carbonyl (C=O) groups excluding carboxylic acids is 1. The molecule has 0 bridgehead atoms. The van der Waals surface area contributed by atoms with Crippen molar-refractivity contribution < 1.29 is 14.3 Å². The van der Waals surface area contributed by atoms with Gasteiger partial charge in [0.05, 0.1) is 7.11 Å². The third-order valence-electron chi connectivity index (χ3n) is 4.46. The van der Waals surface area contributed by atoms with E-state index in [9.17, 15) is 4.79 Å².